The largest absolute Gasteiger partial charge is 0.416 e. The molecule has 0 spiro atoms. The van der Waals surface area contributed by atoms with Gasteiger partial charge in [-0.05, 0) is 29.3 Å². The van der Waals surface area contributed by atoms with Gasteiger partial charge in [-0.1, -0.05) is 60.7 Å². The lowest BCUT2D eigenvalue weighted by atomic mass is 9.95. The molecule has 0 aliphatic rings. The minimum atomic E-state index is -5.19. The highest BCUT2D eigenvalue weighted by molar-refractivity contribution is 7.89. The van der Waals surface area contributed by atoms with Gasteiger partial charge < -0.3 is 5.73 Å². The van der Waals surface area contributed by atoms with E-state index < -0.39 is 50.5 Å². The van der Waals surface area contributed by atoms with Crippen molar-refractivity contribution in [3.63, 3.8) is 0 Å². The summed E-state index contributed by atoms with van der Waals surface area (Å²) < 4.78 is 107. The fourth-order valence-electron chi connectivity index (χ4n) is 3.19. The Kier molecular flexibility index (Phi) is 6.87. The summed E-state index contributed by atoms with van der Waals surface area (Å²) in [4.78, 5) is -1.18. The Hall–Kier alpha value is -2.89. The quantitative estimate of drug-likeness (QED) is 0.454. The molecule has 0 radical (unpaired) electrons. The van der Waals surface area contributed by atoms with Crippen LogP contribution < -0.4 is 10.5 Å². The molecular weight excluding hydrogens is 470 g/mol. The molecule has 0 bridgehead atoms. The van der Waals surface area contributed by atoms with Crippen molar-refractivity contribution >= 4 is 10.0 Å². The zero-order valence-electron chi connectivity index (χ0n) is 16.7. The Labute approximate surface area is 186 Å². The molecule has 0 fully saturated rings. The molecule has 3 aromatic carbocycles. The number of nitrogens with two attached hydrogens (primary N) is 1. The molecule has 0 saturated carbocycles. The number of nitrogens with one attached hydrogen (secondary N) is 1. The van der Waals surface area contributed by atoms with Crippen LogP contribution in [0.3, 0.4) is 0 Å². The van der Waals surface area contributed by atoms with Gasteiger partial charge in [-0.25, -0.2) is 13.1 Å². The van der Waals surface area contributed by atoms with Crippen LogP contribution >= 0.6 is 0 Å². The maximum Gasteiger partial charge on any atom is 0.416 e. The van der Waals surface area contributed by atoms with Crippen LogP contribution in [0.5, 0.6) is 0 Å². The SMILES string of the molecule is N[C@H](c1ccccc1)[C@H](NS(=O)(=O)c1cc(C(F)(F)F)cc(C(F)(F)F)c1)c1ccccc1. The zero-order valence-corrected chi connectivity index (χ0v) is 17.5. The fraction of sp³-hybridized carbons (Fsp3) is 0.182. The molecule has 176 valence electrons. The zero-order chi connectivity index (χ0) is 24.4. The summed E-state index contributed by atoms with van der Waals surface area (Å²) in [7, 11) is -4.86. The lowest BCUT2D eigenvalue weighted by Crippen LogP contribution is -2.36. The van der Waals surface area contributed by atoms with E-state index in [4.69, 9.17) is 5.73 Å². The third-order valence-corrected chi connectivity index (χ3v) is 6.28. The van der Waals surface area contributed by atoms with Crippen LogP contribution in [0.25, 0.3) is 0 Å². The van der Waals surface area contributed by atoms with Gasteiger partial charge in [0.1, 0.15) is 0 Å². The first-order chi connectivity index (χ1) is 15.3. The van der Waals surface area contributed by atoms with Gasteiger partial charge in [0, 0.05) is 0 Å². The first-order valence-corrected chi connectivity index (χ1v) is 10.9. The molecule has 0 unspecified atom stereocenters. The topological polar surface area (TPSA) is 72.2 Å². The molecule has 0 amide bonds. The molecule has 33 heavy (non-hydrogen) atoms. The Morgan fingerprint density at radius 2 is 1.12 bits per heavy atom. The predicted octanol–water partition coefficient (Wildman–Crippen LogP) is 5.44. The van der Waals surface area contributed by atoms with Gasteiger partial charge in [0.05, 0.1) is 28.1 Å². The third-order valence-electron chi connectivity index (χ3n) is 4.86. The number of hydrogen-bond acceptors (Lipinski definition) is 3. The van der Waals surface area contributed by atoms with Crippen LogP contribution in [0.15, 0.2) is 83.8 Å². The highest BCUT2D eigenvalue weighted by Gasteiger charge is 2.39. The molecule has 3 aromatic rings. The number of hydrogen-bond donors (Lipinski definition) is 2. The number of benzene rings is 3. The second-order valence-electron chi connectivity index (χ2n) is 7.19. The fourth-order valence-corrected chi connectivity index (χ4v) is 4.51. The lowest BCUT2D eigenvalue weighted by molar-refractivity contribution is -0.143. The second kappa shape index (κ2) is 9.16. The molecule has 0 heterocycles. The van der Waals surface area contributed by atoms with E-state index >= 15 is 0 Å². The number of halogens is 6. The van der Waals surface area contributed by atoms with Crippen molar-refractivity contribution in [1.82, 2.24) is 4.72 Å². The average molecular weight is 488 g/mol. The first kappa shape index (κ1) is 24.7. The number of sulfonamides is 1. The molecule has 3 rings (SSSR count). The van der Waals surface area contributed by atoms with Crippen LogP contribution in [0.2, 0.25) is 0 Å². The molecule has 0 aromatic heterocycles. The standard InChI is InChI=1S/C22H18F6N2O2S/c23-21(24,25)16-11-17(22(26,27)28)13-18(12-16)33(31,32)30-20(15-9-5-2-6-10-15)19(29)14-7-3-1-4-8-14/h1-13,19-20,30H,29H2/t19-,20-/m1/s1. The van der Waals surface area contributed by atoms with E-state index in [1.54, 1.807) is 60.7 Å². The lowest BCUT2D eigenvalue weighted by Gasteiger charge is -2.26. The van der Waals surface area contributed by atoms with Crippen LogP contribution in [0.4, 0.5) is 26.3 Å². The summed E-state index contributed by atoms with van der Waals surface area (Å²) in [6.45, 7) is 0. The van der Waals surface area contributed by atoms with Gasteiger partial charge in [0.2, 0.25) is 10.0 Å². The van der Waals surface area contributed by atoms with Crippen molar-refractivity contribution in [2.45, 2.75) is 29.3 Å². The summed E-state index contributed by atoms with van der Waals surface area (Å²) in [5.74, 6) is 0. The van der Waals surface area contributed by atoms with Crippen molar-refractivity contribution in [2.24, 2.45) is 5.73 Å². The van der Waals surface area contributed by atoms with Crippen LogP contribution in [-0.4, -0.2) is 8.42 Å². The molecule has 3 N–H and O–H groups in total. The van der Waals surface area contributed by atoms with E-state index in [1.165, 1.54) is 0 Å². The minimum Gasteiger partial charge on any atom is -0.322 e. The van der Waals surface area contributed by atoms with Crippen molar-refractivity contribution in [3.05, 3.63) is 101 Å². The Balaban J connectivity index is 2.10. The maximum atomic E-state index is 13.2. The molecule has 0 aliphatic heterocycles. The van der Waals surface area contributed by atoms with Crippen molar-refractivity contribution in [2.75, 3.05) is 0 Å². The van der Waals surface area contributed by atoms with Gasteiger partial charge in [-0.15, -0.1) is 0 Å². The molecule has 0 saturated heterocycles. The Morgan fingerprint density at radius 3 is 1.55 bits per heavy atom. The second-order valence-corrected chi connectivity index (χ2v) is 8.90. The van der Waals surface area contributed by atoms with Crippen LogP contribution in [-0.2, 0) is 22.4 Å². The number of alkyl halides is 6. The molecule has 11 heteroatoms. The van der Waals surface area contributed by atoms with E-state index in [1.807, 2.05) is 0 Å². The summed E-state index contributed by atoms with van der Waals surface area (Å²) in [6.07, 6.45) is -10.4. The summed E-state index contributed by atoms with van der Waals surface area (Å²) in [6, 6.07) is 14.2. The monoisotopic (exact) mass is 488 g/mol. The number of rotatable bonds is 6. The van der Waals surface area contributed by atoms with Gasteiger partial charge in [0.25, 0.3) is 0 Å². The molecule has 4 nitrogen and oxygen atoms in total. The molecular formula is C22H18F6N2O2S. The van der Waals surface area contributed by atoms with Crippen molar-refractivity contribution in [3.8, 4) is 0 Å². The highest BCUT2D eigenvalue weighted by atomic mass is 32.2. The average Bonchev–Trinajstić information content (AvgIpc) is 2.77. The van der Waals surface area contributed by atoms with Crippen LogP contribution in [0, 0.1) is 0 Å². The van der Waals surface area contributed by atoms with Gasteiger partial charge in [0.15, 0.2) is 0 Å². The third kappa shape index (κ3) is 5.92. The van der Waals surface area contributed by atoms with E-state index in [-0.39, 0.29) is 18.2 Å². The van der Waals surface area contributed by atoms with Gasteiger partial charge in [-0.3, -0.25) is 0 Å². The first-order valence-electron chi connectivity index (χ1n) is 9.46. The molecule has 2 atom stereocenters. The predicted molar refractivity (Wildman–Crippen MR) is 109 cm³/mol. The van der Waals surface area contributed by atoms with Gasteiger partial charge >= 0.3 is 12.4 Å². The summed E-state index contributed by atoms with van der Waals surface area (Å²) in [5, 5.41) is 0. The Morgan fingerprint density at radius 1 is 0.697 bits per heavy atom. The smallest absolute Gasteiger partial charge is 0.322 e. The summed E-state index contributed by atoms with van der Waals surface area (Å²) in [5.41, 5.74) is 3.68. The van der Waals surface area contributed by atoms with E-state index in [0.29, 0.717) is 11.1 Å². The summed E-state index contributed by atoms with van der Waals surface area (Å²) >= 11 is 0. The van der Waals surface area contributed by atoms with Crippen molar-refractivity contribution in [1.29, 1.82) is 0 Å². The van der Waals surface area contributed by atoms with Crippen LogP contribution in [0.1, 0.15) is 34.3 Å². The normalized spacial score (nSPS) is 14.6. The van der Waals surface area contributed by atoms with E-state index in [2.05, 4.69) is 4.72 Å². The highest BCUT2D eigenvalue weighted by Crippen LogP contribution is 2.38. The Bertz CT molecular complexity index is 1160. The maximum absolute atomic E-state index is 13.2. The van der Waals surface area contributed by atoms with Crippen molar-refractivity contribution < 1.29 is 34.8 Å². The van der Waals surface area contributed by atoms with E-state index in [0.717, 1.165) is 0 Å². The molecule has 0 aliphatic carbocycles. The minimum absolute atomic E-state index is 0.136. The van der Waals surface area contributed by atoms with Gasteiger partial charge in [-0.2, -0.15) is 26.3 Å². The van der Waals surface area contributed by atoms with E-state index in [9.17, 15) is 34.8 Å².